The zero-order chi connectivity index (χ0) is 19.7. The quantitative estimate of drug-likeness (QED) is 0.452. The number of thiazole rings is 1. The van der Waals surface area contributed by atoms with Crippen LogP contribution in [-0.2, 0) is 6.42 Å². The number of halogens is 3. The van der Waals surface area contributed by atoms with Crippen LogP contribution < -0.4 is 5.32 Å². The number of nitrogens with zero attached hydrogens (tertiary/aromatic N) is 2. The normalized spacial score (nSPS) is 11.3. The lowest BCUT2D eigenvalue weighted by Crippen LogP contribution is -2.11. The second kappa shape index (κ2) is 7.65. The first-order valence-corrected chi connectivity index (χ1v) is 9.46. The van der Waals surface area contributed by atoms with Crippen molar-refractivity contribution in [1.29, 1.82) is 0 Å². The monoisotopic (exact) mass is 418 g/mol. The summed E-state index contributed by atoms with van der Waals surface area (Å²) in [6.45, 7) is 0. The number of nitrogens with one attached hydrogen (secondary N) is 2. The van der Waals surface area contributed by atoms with E-state index in [2.05, 4.69) is 20.3 Å². The predicted molar refractivity (Wildman–Crippen MR) is 105 cm³/mol. The van der Waals surface area contributed by atoms with Gasteiger partial charge in [-0.3, -0.25) is 10.1 Å². The van der Waals surface area contributed by atoms with E-state index in [1.54, 1.807) is 6.20 Å². The van der Waals surface area contributed by atoms with Crippen molar-refractivity contribution >= 4 is 45.0 Å². The van der Waals surface area contributed by atoms with Gasteiger partial charge in [0, 0.05) is 28.1 Å². The van der Waals surface area contributed by atoms with Crippen molar-refractivity contribution in [2.45, 2.75) is 12.8 Å². The highest BCUT2D eigenvalue weighted by atomic mass is 35.5. The number of benzene rings is 2. The molecule has 9 heteroatoms. The van der Waals surface area contributed by atoms with E-state index in [-0.39, 0.29) is 5.91 Å². The standard InChI is InChI=1S/C19H13ClF2N4OS/c20-12-3-1-2-10(6-12)7-13-9-23-19(28-13)26-18(27)11-4-5-14-15(8-11)25-17(24-14)16(21)22/h1-6,8-9,16H,7H2,(H,24,25)(H,23,26,27). The lowest BCUT2D eigenvalue weighted by molar-refractivity contribution is 0.102. The lowest BCUT2D eigenvalue weighted by atomic mass is 10.1. The number of amides is 1. The first kappa shape index (κ1) is 18.5. The largest absolute Gasteiger partial charge is 0.337 e. The van der Waals surface area contributed by atoms with Gasteiger partial charge < -0.3 is 4.98 Å². The number of hydrogen-bond donors (Lipinski definition) is 2. The fourth-order valence-corrected chi connectivity index (χ4v) is 3.79. The van der Waals surface area contributed by atoms with Crippen LogP contribution in [0.3, 0.4) is 0 Å². The molecule has 0 aliphatic rings. The Balaban J connectivity index is 1.47. The second-order valence-electron chi connectivity index (χ2n) is 6.05. The van der Waals surface area contributed by atoms with Crippen LogP contribution in [0.15, 0.2) is 48.7 Å². The molecule has 0 aliphatic carbocycles. The van der Waals surface area contributed by atoms with Crippen molar-refractivity contribution in [2.75, 3.05) is 5.32 Å². The smallest absolute Gasteiger partial charge is 0.295 e. The van der Waals surface area contributed by atoms with E-state index in [4.69, 9.17) is 11.6 Å². The minimum absolute atomic E-state index is 0.323. The summed E-state index contributed by atoms with van der Waals surface area (Å²) in [5, 5.41) is 3.85. The molecule has 0 radical (unpaired) electrons. The first-order valence-electron chi connectivity index (χ1n) is 8.26. The van der Waals surface area contributed by atoms with Gasteiger partial charge in [-0.25, -0.2) is 18.7 Å². The number of anilines is 1. The Bertz CT molecular complexity index is 1160. The third-order valence-corrected chi connectivity index (χ3v) is 5.16. The van der Waals surface area contributed by atoms with Gasteiger partial charge in [-0.15, -0.1) is 11.3 Å². The van der Waals surface area contributed by atoms with Gasteiger partial charge >= 0.3 is 0 Å². The fraction of sp³-hybridized carbons (Fsp3) is 0.105. The molecule has 28 heavy (non-hydrogen) atoms. The number of aromatic amines is 1. The fourth-order valence-electron chi connectivity index (χ4n) is 2.74. The number of alkyl halides is 2. The third-order valence-electron chi connectivity index (χ3n) is 4.01. The molecule has 5 nitrogen and oxygen atoms in total. The molecule has 2 aromatic heterocycles. The average Bonchev–Trinajstić information content (AvgIpc) is 3.27. The van der Waals surface area contributed by atoms with E-state index >= 15 is 0 Å². The Hall–Kier alpha value is -2.84. The number of H-pyrrole nitrogens is 1. The molecule has 0 aliphatic heterocycles. The van der Waals surface area contributed by atoms with Gasteiger partial charge in [0.2, 0.25) is 0 Å². The van der Waals surface area contributed by atoms with Crippen LogP contribution in [0.5, 0.6) is 0 Å². The second-order valence-corrected chi connectivity index (χ2v) is 7.60. The van der Waals surface area contributed by atoms with Gasteiger partial charge in [0.05, 0.1) is 11.0 Å². The molecular formula is C19H13ClF2N4OS. The number of carbonyl (C=O) groups excluding carboxylic acids is 1. The van der Waals surface area contributed by atoms with Crippen molar-refractivity contribution in [3.63, 3.8) is 0 Å². The summed E-state index contributed by atoms with van der Waals surface area (Å²) >= 11 is 7.36. The molecule has 0 saturated heterocycles. The van der Waals surface area contributed by atoms with Crippen LogP contribution in [0.25, 0.3) is 11.0 Å². The summed E-state index contributed by atoms with van der Waals surface area (Å²) < 4.78 is 25.5. The first-order chi connectivity index (χ1) is 13.5. The molecule has 1 amide bonds. The van der Waals surface area contributed by atoms with Crippen LogP contribution in [0.2, 0.25) is 5.02 Å². The molecular weight excluding hydrogens is 406 g/mol. The molecule has 2 heterocycles. The number of hydrogen-bond acceptors (Lipinski definition) is 4. The maximum absolute atomic E-state index is 12.7. The molecule has 2 aromatic carbocycles. The molecule has 0 fully saturated rings. The van der Waals surface area contributed by atoms with Crippen LogP contribution >= 0.6 is 22.9 Å². The summed E-state index contributed by atoms with van der Waals surface area (Å²) in [5.41, 5.74) is 2.13. The molecule has 0 spiro atoms. The SMILES string of the molecule is O=C(Nc1ncc(Cc2cccc(Cl)c2)s1)c1ccc2nc(C(F)F)[nH]c2c1. The summed E-state index contributed by atoms with van der Waals surface area (Å²) in [7, 11) is 0. The van der Waals surface area contributed by atoms with Crippen molar-refractivity contribution in [3.05, 3.63) is 75.5 Å². The van der Waals surface area contributed by atoms with Gasteiger partial charge in [0.1, 0.15) is 0 Å². The van der Waals surface area contributed by atoms with Crippen molar-refractivity contribution < 1.29 is 13.6 Å². The Morgan fingerprint density at radius 3 is 2.89 bits per heavy atom. The van der Waals surface area contributed by atoms with Gasteiger partial charge in [-0.1, -0.05) is 23.7 Å². The van der Waals surface area contributed by atoms with Gasteiger partial charge in [-0.2, -0.15) is 0 Å². The highest BCUT2D eigenvalue weighted by Gasteiger charge is 2.15. The summed E-state index contributed by atoms with van der Waals surface area (Å²) in [6, 6.07) is 12.1. The molecule has 2 N–H and O–H groups in total. The molecule has 0 unspecified atom stereocenters. The molecule has 4 rings (SSSR count). The highest BCUT2D eigenvalue weighted by Crippen LogP contribution is 2.24. The lowest BCUT2D eigenvalue weighted by Gasteiger charge is -2.01. The highest BCUT2D eigenvalue weighted by molar-refractivity contribution is 7.15. The Morgan fingerprint density at radius 2 is 2.11 bits per heavy atom. The zero-order valence-electron chi connectivity index (χ0n) is 14.2. The third kappa shape index (κ3) is 4.02. The van der Waals surface area contributed by atoms with Crippen LogP contribution in [0.1, 0.15) is 33.0 Å². The van der Waals surface area contributed by atoms with E-state index in [0.717, 1.165) is 10.4 Å². The maximum atomic E-state index is 12.7. The summed E-state index contributed by atoms with van der Waals surface area (Å²) in [4.78, 5) is 24.0. The number of fused-ring (bicyclic) bond motifs is 1. The minimum atomic E-state index is -2.70. The van der Waals surface area contributed by atoms with Crippen LogP contribution in [0.4, 0.5) is 13.9 Å². The summed E-state index contributed by atoms with van der Waals surface area (Å²) in [5.74, 6) is -0.795. The van der Waals surface area contributed by atoms with Gasteiger partial charge in [-0.05, 0) is 35.9 Å². The number of rotatable bonds is 5. The zero-order valence-corrected chi connectivity index (χ0v) is 15.8. The molecule has 4 aromatic rings. The predicted octanol–water partition coefficient (Wildman–Crippen LogP) is 5.45. The number of imidazole rings is 1. The molecule has 142 valence electrons. The van der Waals surface area contributed by atoms with Gasteiger partial charge in [0.25, 0.3) is 12.3 Å². The Kier molecular flexibility index (Phi) is 5.06. The maximum Gasteiger partial charge on any atom is 0.295 e. The van der Waals surface area contributed by atoms with Gasteiger partial charge in [0.15, 0.2) is 11.0 Å². The van der Waals surface area contributed by atoms with E-state index in [0.29, 0.717) is 33.2 Å². The van der Waals surface area contributed by atoms with E-state index in [9.17, 15) is 13.6 Å². The van der Waals surface area contributed by atoms with Crippen molar-refractivity contribution in [2.24, 2.45) is 0 Å². The van der Waals surface area contributed by atoms with E-state index < -0.39 is 12.2 Å². The molecule has 0 saturated carbocycles. The minimum Gasteiger partial charge on any atom is -0.337 e. The van der Waals surface area contributed by atoms with Crippen LogP contribution in [-0.4, -0.2) is 20.9 Å². The molecule has 0 atom stereocenters. The molecule has 0 bridgehead atoms. The van der Waals surface area contributed by atoms with Crippen molar-refractivity contribution in [3.8, 4) is 0 Å². The average molecular weight is 419 g/mol. The Morgan fingerprint density at radius 1 is 1.25 bits per heavy atom. The van der Waals surface area contributed by atoms with Crippen molar-refractivity contribution in [1.82, 2.24) is 15.0 Å². The Labute approximate surface area is 167 Å². The van der Waals surface area contributed by atoms with Crippen LogP contribution in [0, 0.1) is 0 Å². The van der Waals surface area contributed by atoms with E-state index in [1.165, 1.54) is 29.5 Å². The van der Waals surface area contributed by atoms with E-state index in [1.807, 2.05) is 24.3 Å². The topological polar surface area (TPSA) is 70.7 Å². The number of aromatic nitrogens is 3. The number of carbonyl (C=O) groups is 1. The summed E-state index contributed by atoms with van der Waals surface area (Å²) in [6.07, 6.45) is -0.336.